The first-order chi connectivity index (χ1) is 45.0. The first kappa shape index (κ1) is 63.1. The van der Waals surface area contributed by atoms with E-state index in [4.69, 9.17) is 28.9 Å². The highest BCUT2D eigenvalue weighted by Gasteiger charge is 2.58. The van der Waals surface area contributed by atoms with E-state index < -0.39 is 60.8 Å². The largest absolute Gasteiger partial charge is 0.351 e. The van der Waals surface area contributed by atoms with Crippen molar-refractivity contribution in [2.24, 2.45) is 5.73 Å². The number of benzene rings is 5. The minimum Gasteiger partial charge on any atom is -0.351 e. The van der Waals surface area contributed by atoms with Crippen LogP contribution >= 0.6 is 23.2 Å². The van der Waals surface area contributed by atoms with Crippen LogP contribution in [-0.2, 0) is 45.1 Å². The molecule has 482 valence electrons. The summed E-state index contributed by atoms with van der Waals surface area (Å²) in [5.41, 5.74) is 9.13. The molecule has 2 atom stereocenters. The lowest BCUT2D eigenvalue weighted by Gasteiger charge is -2.41. The van der Waals surface area contributed by atoms with Gasteiger partial charge in [0.1, 0.15) is 30.3 Å². The number of nitrogens with two attached hydrogens (primary N) is 1. The number of nitrogens with one attached hydrogen (secondary N) is 3. The summed E-state index contributed by atoms with van der Waals surface area (Å²) in [6.45, 7) is 6.75. The highest BCUT2D eigenvalue weighted by atomic mass is 35.5. The minimum atomic E-state index is -1.92. The van der Waals surface area contributed by atoms with Crippen molar-refractivity contribution >= 4 is 112 Å². The number of Topliss-reactive ketones (excluding diaryl/α,β-unsaturated/α-hetero) is 1. The van der Waals surface area contributed by atoms with Gasteiger partial charge in [0.15, 0.2) is 5.78 Å². The number of aromatic nitrogens is 4. The van der Waals surface area contributed by atoms with E-state index in [0.29, 0.717) is 94.3 Å². The van der Waals surface area contributed by atoms with Crippen molar-refractivity contribution in [1.82, 2.24) is 54.9 Å². The van der Waals surface area contributed by atoms with E-state index in [1.165, 1.54) is 63.1 Å². The van der Waals surface area contributed by atoms with Gasteiger partial charge >= 0.3 is 12.1 Å². The van der Waals surface area contributed by atoms with E-state index in [-0.39, 0.29) is 88.5 Å². The van der Waals surface area contributed by atoms with Gasteiger partial charge in [0.05, 0.1) is 51.5 Å². The fourth-order valence-electron chi connectivity index (χ4n) is 13.6. The predicted octanol–water partition coefficient (Wildman–Crippen LogP) is 8.81. The Bertz CT molecular complexity index is 4500. The van der Waals surface area contributed by atoms with Crippen molar-refractivity contribution in [2.45, 2.75) is 101 Å². The van der Waals surface area contributed by atoms with Gasteiger partial charge in [0.25, 0.3) is 17.7 Å². The van der Waals surface area contributed by atoms with E-state index in [2.05, 4.69) is 39.0 Å². The molecule has 3 saturated heterocycles. The smallest absolute Gasteiger partial charge is 0.339 e. The van der Waals surface area contributed by atoms with Crippen molar-refractivity contribution in [3.8, 4) is 0 Å². The monoisotopic (exact) mass is 1330 g/mol. The molecule has 9 amide bonds. The first-order valence-corrected chi connectivity index (χ1v) is 34.9. The molecular formula is C67H63Cl2F2N13O9Si. The molecule has 3 aromatic heterocycles. The number of urea groups is 1. The van der Waals surface area contributed by atoms with Crippen LogP contribution in [0.1, 0.15) is 103 Å². The van der Waals surface area contributed by atoms with Gasteiger partial charge < -0.3 is 31.2 Å². The second-order valence-electron chi connectivity index (χ2n) is 25.3. The Hall–Kier alpha value is -9.69. The molecule has 2 saturated carbocycles. The normalized spacial score (nSPS) is 19.0. The lowest BCUT2D eigenvalue weighted by molar-refractivity contribution is -0.138. The van der Waals surface area contributed by atoms with Crippen molar-refractivity contribution in [1.29, 1.82) is 0 Å². The van der Waals surface area contributed by atoms with Crippen LogP contribution in [0.5, 0.6) is 0 Å². The molecule has 27 heteroatoms. The summed E-state index contributed by atoms with van der Waals surface area (Å²) < 4.78 is 31.8. The van der Waals surface area contributed by atoms with E-state index in [0.717, 1.165) is 18.4 Å². The number of fused-ring (bicyclic) bond motifs is 4. The number of carbonyl (C=O) groups excluding carboxylic acids is 9. The number of hydrazine groups is 1. The molecule has 0 spiro atoms. The highest BCUT2D eigenvalue weighted by molar-refractivity contribution is 6.79. The quantitative estimate of drug-likeness (QED) is 0.0426. The number of amides is 9. The number of imide groups is 1. The lowest BCUT2D eigenvalue weighted by Crippen LogP contribution is -2.61. The van der Waals surface area contributed by atoms with Crippen molar-refractivity contribution < 1.29 is 51.9 Å². The van der Waals surface area contributed by atoms with Gasteiger partial charge in [0, 0.05) is 96.7 Å². The number of rotatable bonds is 15. The third-order valence-electron chi connectivity index (χ3n) is 18.7. The number of nitrogens with zero attached hydrogens (tertiary/aromatic N) is 9. The Morgan fingerprint density at radius 1 is 0.702 bits per heavy atom. The molecule has 5 fully saturated rings. The van der Waals surface area contributed by atoms with Crippen LogP contribution in [0.15, 0.2) is 128 Å². The highest BCUT2D eigenvalue weighted by Crippen LogP contribution is 2.54. The van der Waals surface area contributed by atoms with Crippen molar-refractivity contribution in [2.75, 3.05) is 30.7 Å². The Balaban J connectivity index is 0.000000171. The summed E-state index contributed by atoms with van der Waals surface area (Å²) in [6, 6.07) is 26.4. The summed E-state index contributed by atoms with van der Waals surface area (Å²) in [5.74, 6) is -3.36. The SMILES string of the molecule is CC(=O)c1cn(CC(=O)N2C[Si](C)(C)C[C@H]2C(=O)NCc2cccc(Cl)c2F)c2ccc(C3(NC(=O)c4ncccn4)CC3)cc12.NC(=O)n1cc(N2CCN3CC[C@@H](C(=O)NCc4cccc(Cl)c4F)N3C2=O)c2ccc(C3(N4C(=O)c5ccccc5C4=O)CC3)cc21. The molecule has 94 heavy (non-hydrogen) atoms. The lowest BCUT2D eigenvalue weighted by atomic mass is 10.0. The van der Waals surface area contributed by atoms with Gasteiger partial charge in [-0.15, -0.1) is 0 Å². The zero-order valence-corrected chi connectivity index (χ0v) is 53.8. The van der Waals surface area contributed by atoms with Crippen LogP contribution in [0.3, 0.4) is 0 Å². The number of halogens is 4. The van der Waals surface area contributed by atoms with Gasteiger partial charge in [-0.3, -0.25) is 47.9 Å². The standard InChI is InChI=1S/C34H29ClFN7O5.C33H34ClFN6O4Si/c35-24-7-3-4-19(28(24)36)17-38-29(44)25-10-13-39-14-15-40(33(48)43(25)39)27-18-41(32(37)47)26-16-20(8-9-23(26)27)34(11-12-34)42-30(45)21-5-1-2-6-22(21)31(42)46;1-20(42)24-16-40(26-9-8-22(14-23(24)26)33(10-11-33)39-32(45)30-36-12-5-13-37-30)17-28(43)41-19-46(2,3)18-27(41)31(44)38-15-21-6-4-7-25(34)29(21)35/h1-9,16,18,25H,10-15,17H2,(H2,37,47)(H,38,44);4-9,12-14,16,27H,10-11,15,17-19H2,1-3H3,(H,38,44)(H,39,45)/t25-;27-/m00/s1. The maximum absolute atomic E-state index is 14.4. The van der Waals surface area contributed by atoms with E-state index in [9.17, 15) is 51.9 Å². The number of primary amides is 1. The molecule has 4 aliphatic heterocycles. The Kier molecular flexibility index (Phi) is 16.3. The Labute approximate surface area is 547 Å². The maximum Gasteiger partial charge on any atom is 0.339 e. The number of hydrogen-bond acceptors (Lipinski definition) is 12. The number of hydrogen-bond donors (Lipinski definition) is 4. The van der Waals surface area contributed by atoms with Crippen LogP contribution in [0.2, 0.25) is 29.2 Å². The molecule has 7 heterocycles. The molecule has 22 nitrogen and oxygen atoms in total. The first-order valence-electron chi connectivity index (χ1n) is 30.7. The molecule has 8 aromatic rings. The maximum atomic E-state index is 14.4. The topological polar surface area (TPSA) is 268 Å². The second-order valence-corrected chi connectivity index (χ2v) is 31.2. The molecule has 0 unspecified atom stereocenters. The van der Waals surface area contributed by atoms with Crippen LogP contribution in [0, 0.1) is 11.6 Å². The fourth-order valence-corrected chi connectivity index (χ4v) is 16.9. The summed E-state index contributed by atoms with van der Waals surface area (Å²) in [5, 5.41) is 13.0. The molecule has 5 aromatic carbocycles. The summed E-state index contributed by atoms with van der Waals surface area (Å²) in [4.78, 5) is 132. The van der Waals surface area contributed by atoms with Crippen LogP contribution < -0.4 is 26.6 Å². The average Bonchev–Trinajstić information content (AvgIpc) is 1.55. The molecular weight excluding hydrogens is 1270 g/mol. The minimum absolute atomic E-state index is 0.0206. The molecule has 5 N–H and O–H groups in total. The zero-order chi connectivity index (χ0) is 66.3. The van der Waals surface area contributed by atoms with Crippen molar-refractivity contribution in [3.63, 3.8) is 0 Å². The van der Waals surface area contributed by atoms with E-state index in [1.807, 2.05) is 29.3 Å². The molecule has 0 bridgehead atoms. The third kappa shape index (κ3) is 11.4. The van der Waals surface area contributed by atoms with Crippen LogP contribution in [0.25, 0.3) is 21.8 Å². The molecule has 0 radical (unpaired) electrons. The predicted molar refractivity (Wildman–Crippen MR) is 346 cm³/mol. The number of ketones is 1. The Morgan fingerprint density at radius 2 is 1.33 bits per heavy atom. The van der Waals surface area contributed by atoms with Crippen LogP contribution in [0.4, 0.5) is 24.1 Å². The summed E-state index contributed by atoms with van der Waals surface area (Å²) >= 11 is 11.8. The van der Waals surface area contributed by atoms with Gasteiger partial charge in [-0.25, -0.2) is 38.4 Å². The summed E-state index contributed by atoms with van der Waals surface area (Å²) in [7, 11) is -1.92. The third-order valence-corrected chi connectivity index (χ3v) is 21.9. The molecule has 2 aliphatic carbocycles. The van der Waals surface area contributed by atoms with E-state index >= 15 is 0 Å². The van der Waals surface area contributed by atoms with Gasteiger partial charge in [-0.05, 0) is 105 Å². The Morgan fingerprint density at radius 3 is 1.94 bits per heavy atom. The second kappa shape index (κ2) is 24.3. The molecule has 14 rings (SSSR count). The average molecular weight is 1330 g/mol. The summed E-state index contributed by atoms with van der Waals surface area (Å²) in [6.07, 6.45) is 9.69. The van der Waals surface area contributed by atoms with Gasteiger partial charge in [-0.2, -0.15) is 0 Å². The van der Waals surface area contributed by atoms with Crippen LogP contribution in [-0.4, -0.2) is 138 Å². The zero-order valence-electron chi connectivity index (χ0n) is 51.3. The number of anilines is 1. The fraction of sp³-hybridized carbons (Fsp3) is 0.299. The molecule has 6 aliphatic rings. The van der Waals surface area contributed by atoms with Gasteiger partial charge in [0.2, 0.25) is 23.5 Å². The van der Waals surface area contributed by atoms with Gasteiger partial charge in [-0.1, -0.05) is 90.9 Å². The number of carbonyl (C=O) groups is 9. The van der Waals surface area contributed by atoms with E-state index in [1.54, 1.807) is 76.3 Å². The van der Waals surface area contributed by atoms with Crippen molar-refractivity contribution in [3.05, 3.63) is 194 Å².